The summed E-state index contributed by atoms with van der Waals surface area (Å²) in [6.45, 7) is 6.84. The van der Waals surface area contributed by atoms with Crippen molar-refractivity contribution in [3.63, 3.8) is 0 Å². The fourth-order valence-electron chi connectivity index (χ4n) is 1.86. The molecule has 1 aromatic rings. The van der Waals surface area contributed by atoms with E-state index in [2.05, 4.69) is 28.9 Å². The molecule has 3 heteroatoms. The second-order valence-electron chi connectivity index (χ2n) is 3.75. The third kappa shape index (κ3) is 2.58. The maximum absolute atomic E-state index is 6.34. The van der Waals surface area contributed by atoms with Crippen LogP contribution in [0.5, 0.6) is 5.75 Å². The number of fused-ring (bicyclic) bond motifs is 1. The average Bonchev–Trinajstić information content (AvgIpc) is 2.33. The van der Waals surface area contributed by atoms with Gasteiger partial charge >= 0.3 is 0 Å². The van der Waals surface area contributed by atoms with Crippen LogP contribution in [0.25, 0.3) is 0 Å². The third-order valence-electron chi connectivity index (χ3n) is 2.91. The monoisotopic (exact) mass is 285 g/mol. The van der Waals surface area contributed by atoms with Crippen LogP contribution in [0.1, 0.15) is 39.2 Å². The van der Waals surface area contributed by atoms with Gasteiger partial charge in [0.25, 0.3) is 0 Å². The van der Waals surface area contributed by atoms with E-state index in [9.17, 15) is 0 Å². The Labute approximate surface area is 106 Å². The standard InChI is InChI=1S/C11H14BrNO.C2H6/c1-2-11(13)5-6-14-10-4-3-8(12)7-9(10)11;1-2/h3-4,7H,2,5-6,13H2,1H3;1-2H3. The first-order valence-electron chi connectivity index (χ1n) is 5.87. The maximum atomic E-state index is 6.34. The number of hydrogen-bond donors (Lipinski definition) is 1. The van der Waals surface area contributed by atoms with E-state index in [0.29, 0.717) is 0 Å². The summed E-state index contributed by atoms with van der Waals surface area (Å²) in [4.78, 5) is 0. The molecule has 1 heterocycles. The van der Waals surface area contributed by atoms with Gasteiger partial charge in [0.1, 0.15) is 5.75 Å². The minimum Gasteiger partial charge on any atom is -0.493 e. The Kier molecular flexibility index (Phi) is 4.81. The van der Waals surface area contributed by atoms with Gasteiger partial charge in [0.15, 0.2) is 0 Å². The Bertz CT molecular complexity index is 354. The van der Waals surface area contributed by atoms with Crippen LogP contribution >= 0.6 is 15.9 Å². The van der Waals surface area contributed by atoms with Crippen LogP contribution < -0.4 is 10.5 Å². The lowest BCUT2D eigenvalue weighted by molar-refractivity contribution is 0.212. The smallest absolute Gasteiger partial charge is 0.124 e. The molecule has 90 valence electrons. The van der Waals surface area contributed by atoms with Crippen molar-refractivity contribution in [1.82, 2.24) is 0 Å². The number of benzene rings is 1. The summed E-state index contributed by atoms with van der Waals surface area (Å²) in [7, 11) is 0. The van der Waals surface area contributed by atoms with E-state index in [4.69, 9.17) is 10.5 Å². The van der Waals surface area contributed by atoms with Crippen molar-refractivity contribution >= 4 is 15.9 Å². The predicted octanol–water partition coefficient (Wildman–Crippen LogP) is 3.82. The summed E-state index contributed by atoms with van der Waals surface area (Å²) < 4.78 is 6.64. The highest BCUT2D eigenvalue weighted by Crippen LogP contribution is 2.38. The summed E-state index contributed by atoms with van der Waals surface area (Å²) in [6, 6.07) is 6.04. The number of hydrogen-bond acceptors (Lipinski definition) is 2. The topological polar surface area (TPSA) is 35.2 Å². The van der Waals surface area contributed by atoms with Gasteiger partial charge in [-0.25, -0.2) is 0 Å². The highest BCUT2D eigenvalue weighted by molar-refractivity contribution is 9.10. The summed E-state index contributed by atoms with van der Waals surface area (Å²) in [5.74, 6) is 0.934. The molecule has 0 aliphatic carbocycles. The Hall–Kier alpha value is -0.540. The lowest BCUT2D eigenvalue weighted by atomic mass is 9.83. The molecule has 1 aliphatic heterocycles. The number of rotatable bonds is 1. The summed E-state index contributed by atoms with van der Waals surface area (Å²) in [5.41, 5.74) is 7.25. The molecule has 0 spiro atoms. The van der Waals surface area contributed by atoms with Gasteiger partial charge in [-0.3, -0.25) is 0 Å². The largest absolute Gasteiger partial charge is 0.493 e. The van der Waals surface area contributed by atoms with Crippen LogP contribution in [0.15, 0.2) is 22.7 Å². The lowest BCUT2D eigenvalue weighted by Gasteiger charge is -2.34. The molecule has 0 radical (unpaired) electrons. The second kappa shape index (κ2) is 5.69. The molecule has 0 fully saturated rings. The van der Waals surface area contributed by atoms with Crippen LogP contribution in [-0.2, 0) is 5.54 Å². The van der Waals surface area contributed by atoms with Gasteiger partial charge in [0, 0.05) is 22.0 Å². The highest BCUT2D eigenvalue weighted by Gasteiger charge is 2.32. The van der Waals surface area contributed by atoms with Crippen LogP contribution in [-0.4, -0.2) is 6.61 Å². The molecular weight excluding hydrogens is 266 g/mol. The number of nitrogens with two attached hydrogens (primary N) is 1. The van der Waals surface area contributed by atoms with Crippen molar-refractivity contribution in [3.8, 4) is 5.75 Å². The Morgan fingerprint density at radius 3 is 2.75 bits per heavy atom. The fraction of sp³-hybridized carbons (Fsp3) is 0.538. The van der Waals surface area contributed by atoms with Crippen molar-refractivity contribution in [1.29, 1.82) is 0 Å². The van der Waals surface area contributed by atoms with Gasteiger partial charge in [-0.05, 0) is 24.6 Å². The maximum Gasteiger partial charge on any atom is 0.124 e. The molecule has 1 atom stereocenters. The SMILES string of the molecule is CC.CCC1(N)CCOc2ccc(Br)cc21. The normalized spacial score (nSPS) is 22.6. The van der Waals surface area contributed by atoms with Gasteiger partial charge < -0.3 is 10.5 Å². The molecule has 0 amide bonds. The Morgan fingerprint density at radius 2 is 2.12 bits per heavy atom. The first-order valence-corrected chi connectivity index (χ1v) is 6.67. The van der Waals surface area contributed by atoms with E-state index in [1.54, 1.807) is 0 Å². The zero-order valence-corrected chi connectivity index (χ0v) is 11.8. The van der Waals surface area contributed by atoms with Crippen molar-refractivity contribution in [2.45, 2.75) is 39.2 Å². The Balaban J connectivity index is 0.000000606. The van der Waals surface area contributed by atoms with E-state index in [1.165, 1.54) is 0 Å². The van der Waals surface area contributed by atoms with Gasteiger partial charge in [-0.1, -0.05) is 36.7 Å². The quantitative estimate of drug-likeness (QED) is 0.851. The zero-order valence-electron chi connectivity index (χ0n) is 10.2. The van der Waals surface area contributed by atoms with E-state index < -0.39 is 0 Å². The van der Waals surface area contributed by atoms with Crippen LogP contribution in [0.2, 0.25) is 0 Å². The van der Waals surface area contributed by atoms with E-state index in [-0.39, 0.29) is 5.54 Å². The molecule has 2 rings (SSSR count). The molecule has 0 saturated carbocycles. The van der Waals surface area contributed by atoms with Crippen molar-refractivity contribution in [3.05, 3.63) is 28.2 Å². The molecule has 0 aromatic heterocycles. The lowest BCUT2D eigenvalue weighted by Crippen LogP contribution is -2.40. The molecule has 2 nitrogen and oxygen atoms in total. The molecule has 0 bridgehead atoms. The number of ether oxygens (including phenoxy) is 1. The van der Waals surface area contributed by atoms with Gasteiger partial charge in [-0.15, -0.1) is 0 Å². The minimum atomic E-state index is -0.211. The summed E-state index contributed by atoms with van der Waals surface area (Å²) in [5, 5.41) is 0. The van der Waals surface area contributed by atoms with E-state index in [1.807, 2.05) is 26.0 Å². The molecule has 16 heavy (non-hydrogen) atoms. The van der Waals surface area contributed by atoms with Crippen LogP contribution in [0.3, 0.4) is 0 Å². The molecular formula is C13H20BrNO. The molecule has 1 aliphatic rings. The molecule has 1 aromatic carbocycles. The predicted molar refractivity (Wildman–Crippen MR) is 71.8 cm³/mol. The van der Waals surface area contributed by atoms with Crippen molar-refractivity contribution in [2.24, 2.45) is 5.73 Å². The third-order valence-corrected chi connectivity index (χ3v) is 3.41. The molecule has 1 unspecified atom stereocenters. The van der Waals surface area contributed by atoms with Gasteiger partial charge in [0.2, 0.25) is 0 Å². The zero-order chi connectivity index (χ0) is 12.2. The first kappa shape index (κ1) is 13.5. The van der Waals surface area contributed by atoms with Crippen LogP contribution in [0, 0.1) is 0 Å². The average molecular weight is 286 g/mol. The highest BCUT2D eigenvalue weighted by atomic mass is 79.9. The van der Waals surface area contributed by atoms with Crippen molar-refractivity contribution < 1.29 is 4.74 Å². The molecule has 2 N–H and O–H groups in total. The summed E-state index contributed by atoms with van der Waals surface area (Å²) >= 11 is 3.46. The van der Waals surface area contributed by atoms with Crippen LogP contribution in [0.4, 0.5) is 0 Å². The van der Waals surface area contributed by atoms with E-state index >= 15 is 0 Å². The Morgan fingerprint density at radius 1 is 1.44 bits per heavy atom. The van der Waals surface area contributed by atoms with Gasteiger partial charge in [-0.2, -0.15) is 0 Å². The second-order valence-corrected chi connectivity index (χ2v) is 4.66. The fourth-order valence-corrected chi connectivity index (χ4v) is 2.22. The number of halogens is 1. The van der Waals surface area contributed by atoms with Crippen molar-refractivity contribution in [2.75, 3.05) is 6.61 Å². The van der Waals surface area contributed by atoms with Gasteiger partial charge in [0.05, 0.1) is 6.61 Å². The first-order chi connectivity index (χ1) is 7.65. The minimum absolute atomic E-state index is 0.211. The summed E-state index contributed by atoms with van der Waals surface area (Å²) in [6.07, 6.45) is 1.84. The van der Waals surface area contributed by atoms with E-state index in [0.717, 1.165) is 35.2 Å². The molecule has 0 saturated heterocycles.